The molecule has 14 rings (SSSR count). The molecule has 0 nitrogen and oxygen atoms in total. The molecular weight excluding hydrogens is 1040 g/mol. The molecule has 0 radical (unpaired) electrons. The number of hydrogen-bond acceptors (Lipinski definition) is 0. The van der Waals surface area contributed by atoms with Crippen molar-refractivity contribution in [1.29, 1.82) is 0 Å². The van der Waals surface area contributed by atoms with Crippen LogP contribution in [0.1, 0.15) is 94.8 Å². The van der Waals surface area contributed by atoms with Crippen molar-refractivity contribution in [2.24, 2.45) is 0 Å². The lowest BCUT2D eigenvalue weighted by atomic mass is 9.94. The third kappa shape index (κ3) is 13.1. The summed E-state index contributed by atoms with van der Waals surface area (Å²) in [5.41, 5.74) is -19.7. The maximum atomic E-state index is 9.50. The number of hydrogen-bond donors (Lipinski definition) is 0. The van der Waals surface area contributed by atoms with Crippen molar-refractivity contribution in [3.05, 3.63) is 361 Å². The van der Waals surface area contributed by atoms with Crippen molar-refractivity contribution in [2.45, 2.75) is 20.8 Å². The maximum absolute atomic E-state index is 9.50. The van der Waals surface area contributed by atoms with E-state index < -0.39 is 478 Å². The highest BCUT2D eigenvalue weighted by atomic mass is 14.1. The van der Waals surface area contributed by atoms with E-state index in [4.69, 9.17) is 63.1 Å². The predicted molar refractivity (Wildman–Crippen MR) is 372 cm³/mol. The fourth-order valence-electron chi connectivity index (χ4n) is 7.72. The van der Waals surface area contributed by atoms with Gasteiger partial charge in [0.1, 0.15) is 0 Å². The zero-order chi connectivity index (χ0) is 108. The third-order valence-corrected chi connectivity index (χ3v) is 12.0. The van der Waals surface area contributed by atoms with E-state index in [9.17, 15) is 15.1 Å². The van der Waals surface area contributed by atoms with Gasteiger partial charge in [-0.1, -0.05) is 331 Å². The first-order valence-electron chi connectivity index (χ1n) is 54.0. The highest BCUT2D eigenvalue weighted by Gasteiger charge is 2.10. The van der Waals surface area contributed by atoms with Crippen molar-refractivity contribution in [3.63, 3.8) is 0 Å². The van der Waals surface area contributed by atoms with Gasteiger partial charge in [0.2, 0.25) is 0 Å². The minimum atomic E-state index is -1.20. The van der Waals surface area contributed by atoms with Gasteiger partial charge in [-0.25, -0.2) is 0 Å². The Labute approximate surface area is 593 Å². The zero-order valence-electron chi connectivity index (χ0n) is 102. The lowest BCUT2D eigenvalue weighted by Gasteiger charge is -2.11. The van der Waals surface area contributed by atoms with Crippen LogP contribution in [0.3, 0.4) is 0 Å². The van der Waals surface area contributed by atoms with Gasteiger partial charge in [0, 0.05) is 0 Å². The van der Waals surface area contributed by atoms with E-state index in [0.29, 0.717) is 0 Å². The summed E-state index contributed by atoms with van der Waals surface area (Å²) in [6.07, 6.45) is 0. The average molecular weight is 1170 g/mol. The standard InChI is InChI=1S/C55H40.C32H26/c1-39-9-5-12-49(35-39)53-16-6-13-50(36-53)47-31-33-48(34-32-47)52-15-8-18-55(38-52)54-17-7-14-51(37-54)46-29-27-45(28-30-46)44-25-23-43(24-26-44)42-21-19-41(20-22-42)40-10-3-2-4-11-40;1-23-9-13-25(14-10-23)26-17-19-28(20-18-26)30-6-4-8-32(22-30)31-7-3-5-29(21-31)27-15-11-24(2)12-16-27/h2-38H,1H3;3-22H,1-2H3/i2D,3D,4D,5D,6D,7D,8D,9D,10D,11D,12D,13D,14D,15D,16D,17D,18D,19D,20D,21D,22D,23D,24D,25D,26D,27D,28D,29D,30D,31D,32D,33D,34D,35D,36D,37D,38D;3D,4D,5D,6D,7D,8D,9D,10D,11D,12D,13D,14D,15D,16D,17D,18D,19D,20D,21D,22D. The van der Waals surface area contributed by atoms with Gasteiger partial charge in [0.05, 0.1) is 78.1 Å². The second-order valence-corrected chi connectivity index (χ2v) is 18.0. The summed E-state index contributed by atoms with van der Waals surface area (Å²) < 4.78 is 500. The van der Waals surface area contributed by atoms with Gasteiger partial charge in [-0.05, 0) is 185 Å². The highest BCUT2D eigenvalue weighted by molar-refractivity contribution is 5.82. The third-order valence-electron chi connectivity index (χ3n) is 12.0. The van der Waals surface area contributed by atoms with Crippen LogP contribution in [0.5, 0.6) is 0 Å². The van der Waals surface area contributed by atoms with Crippen LogP contribution < -0.4 is 0 Å². The minimum absolute atomic E-state index is 0.0187. The summed E-state index contributed by atoms with van der Waals surface area (Å²) in [5, 5.41) is 0. The minimum Gasteiger partial charge on any atom is -0.0622 e. The highest BCUT2D eigenvalue weighted by Crippen LogP contribution is 2.36. The summed E-state index contributed by atoms with van der Waals surface area (Å²) in [5.74, 6) is 0. The molecule has 87 heavy (non-hydrogen) atoms. The lowest BCUT2D eigenvalue weighted by molar-refractivity contribution is 1.47. The number of rotatable bonds is 12. The van der Waals surface area contributed by atoms with Crippen molar-refractivity contribution in [2.75, 3.05) is 0 Å². The molecule has 0 fully saturated rings. The summed E-state index contributed by atoms with van der Waals surface area (Å²) in [7, 11) is 0. The molecule has 0 spiro atoms. The summed E-state index contributed by atoms with van der Waals surface area (Å²) in [4.78, 5) is 0. The molecule has 0 aliphatic carbocycles. The van der Waals surface area contributed by atoms with E-state index in [1.54, 1.807) is 0 Å². The van der Waals surface area contributed by atoms with Gasteiger partial charge in [-0.2, -0.15) is 0 Å². The summed E-state index contributed by atoms with van der Waals surface area (Å²) in [6.45, 7) is 3.92. The van der Waals surface area contributed by atoms with Crippen LogP contribution in [0, 0.1) is 20.8 Å². The Kier molecular flexibility index (Phi) is 5.98. The fourth-order valence-corrected chi connectivity index (χ4v) is 7.72. The zero-order valence-corrected chi connectivity index (χ0v) is 45.0. The fraction of sp³-hybridized carbons (Fsp3) is 0.0345. The molecule has 414 valence electrons. The van der Waals surface area contributed by atoms with Gasteiger partial charge >= 0.3 is 0 Å². The Balaban J connectivity index is 0.000000282. The molecule has 14 aromatic carbocycles. The van der Waals surface area contributed by atoms with E-state index in [0.717, 1.165) is 0 Å². The molecule has 0 N–H and O–H groups in total. The van der Waals surface area contributed by atoms with Gasteiger partial charge < -0.3 is 0 Å². The van der Waals surface area contributed by atoms with Gasteiger partial charge in [0.25, 0.3) is 0 Å². The maximum Gasteiger partial charge on any atom is 0.0636 e. The second-order valence-electron chi connectivity index (χ2n) is 18.0. The van der Waals surface area contributed by atoms with Crippen molar-refractivity contribution in [3.8, 4) is 134 Å². The molecule has 0 saturated carbocycles. The van der Waals surface area contributed by atoms with E-state index in [2.05, 4.69) is 0 Å². The first-order valence-corrected chi connectivity index (χ1v) is 25.5. The molecular formula is C87H66. The SMILES string of the molecule is [2H]c1c([2H])c(-c2c([2H])c([2H])c(C)c([2H])c2[2H])c([2H])c(-c2c([2H])c([2H])c([2H])c(-c3c([2H])c([2H])c(-c4c([2H])c([2H])c(C)c([2H])c4[2H])c([2H])c3[2H])c2[2H])c1[2H].[2H]c1c([2H])c([2H])c(-c2c([2H])c([2H])c(-c3c([2H])c([2H])c(-c4c([2H])c([2H])c(-c5c([2H])c([2H])c([2H])c(-c6c([2H])c([2H])c([2H])c(-c7c([2H])c([2H])c(-c8c([2H])c([2H])c([2H])c(-c9c([2H])c([2H])c([2H])c(C)c9[2H])c8[2H])c([2H])c7[2H])c6[2H])c5[2H])c([2H])c4[2H])c([2H])c3[2H])c([2H])c2[2H])c([2H])c1[2H]. The molecule has 0 atom stereocenters. The quantitative estimate of drug-likeness (QED) is 0.114. The van der Waals surface area contributed by atoms with E-state index in [1.807, 2.05) is 0 Å². The molecule has 0 heterocycles. The monoisotopic (exact) mass is 1170 g/mol. The van der Waals surface area contributed by atoms with E-state index in [-0.39, 0.29) is 16.7 Å². The molecule has 0 amide bonds. The molecule has 0 unspecified atom stereocenters. The average Bonchev–Trinajstić information content (AvgIpc) is 0.716. The van der Waals surface area contributed by atoms with Crippen LogP contribution in [-0.4, -0.2) is 0 Å². The first kappa shape index (κ1) is 20.4. The van der Waals surface area contributed by atoms with Crippen LogP contribution in [0.15, 0.2) is 344 Å². The summed E-state index contributed by atoms with van der Waals surface area (Å²) in [6, 6.07) is -53.5. The Morgan fingerprint density at radius 1 is 0.126 bits per heavy atom. The van der Waals surface area contributed by atoms with E-state index in [1.165, 1.54) is 20.8 Å². The molecule has 0 saturated heterocycles. The van der Waals surface area contributed by atoms with Crippen molar-refractivity contribution < 1.29 is 78.1 Å². The second kappa shape index (κ2) is 25.5. The Hall–Kier alpha value is -10.9. The van der Waals surface area contributed by atoms with Gasteiger partial charge in [0.15, 0.2) is 0 Å². The van der Waals surface area contributed by atoms with Crippen molar-refractivity contribution in [1.82, 2.24) is 0 Å². The topological polar surface area (TPSA) is 0 Å². The smallest absolute Gasteiger partial charge is 0.0622 e. The van der Waals surface area contributed by atoms with Crippen LogP contribution in [0.2, 0.25) is 0 Å². The van der Waals surface area contributed by atoms with Crippen LogP contribution in [0.25, 0.3) is 134 Å². The Bertz CT molecular complexity index is 7950. The molecule has 0 aromatic heterocycles. The molecule has 14 aromatic rings. The summed E-state index contributed by atoms with van der Waals surface area (Å²) >= 11 is 0. The van der Waals surface area contributed by atoms with Crippen LogP contribution in [0.4, 0.5) is 0 Å². The number of benzene rings is 14. The van der Waals surface area contributed by atoms with Gasteiger partial charge in [-0.3, -0.25) is 0 Å². The first-order chi connectivity index (χ1) is 66.6. The predicted octanol–water partition coefficient (Wildman–Crippen LogP) is 24.3. The largest absolute Gasteiger partial charge is 0.0636 e. The molecule has 0 heteroatoms. The normalized spacial score (nSPS) is 20.1. The van der Waals surface area contributed by atoms with E-state index >= 15 is 0 Å². The van der Waals surface area contributed by atoms with Crippen molar-refractivity contribution >= 4 is 0 Å². The molecule has 0 aliphatic heterocycles. The lowest BCUT2D eigenvalue weighted by Crippen LogP contribution is -1.85. The van der Waals surface area contributed by atoms with Crippen LogP contribution in [-0.2, 0) is 0 Å². The Morgan fingerprint density at radius 2 is 0.276 bits per heavy atom. The Morgan fingerprint density at radius 3 is 0.506 bits per heavy atom. The molecule has 0 aliphatic rings. The molecule has 0 bridgehead atoms. The van der Waals surface area contributed by atoms with Gasteiger partial charge in [-0.15, -0.1) is 0 Å². The van der Waals surface area contributed by atoms with Crippen LogP contribution >= 0.6 is 0 Å².